The van der Waals surface area contributed by atoms with Gasteiger partial charge in [-0.05, 0) is 42.9 Å². The number of thiocarbonyl (C=S) groups is 1. The van der Waals surface area contributed by atoms with Gasteiger partial charge in [-0.1, -0.05) is 6.07 Å². The first kappa shape index (κ1) is 17.5. The largest absolute Gasteiger partial charge is 0.423 e. The van der Waals surface area contributed by atoms with Gasteiger partial charge in [0.25, 0.3) is 5.82 Å². The summed E-state index contributed by atoms with van der Waals surface area (Å²) in [5.41, 5.74) is 1.95. The summed E-state index contributed by atoms with van der Waals surface area (Å²) in [7, 11) is 0. The Morgan fingerprint density at radius 2 is 1.96 bits per heavy atom. The van der Waals surface area contributed by atoms with Gasteiger partial charge in [0.1, 0.15) is 18.7 Å². The molecule has 3 aromatic rings. The molecule has 2 N–H and O–H groups in total. The molecule has 1 saturated heterocycles. The lowest BCUT2D eigenvalue weighted by atomic mass is 10.1. The molecule has 4 rings (SSSR count). The number of aryl methyl sites for hydroxylation is 1. The van der Waals surface area contributed by atoms with Gasteiger partial charge in [0, 0.05) is 29.3 Å². The van der Waals surface area contributed by atoms with E-state index in [2.05, 4.69) is 26.2 Å². The fraction of sp³-hybridized carbons (Fsp3) is 0.250. The van der Waals surface area contributed by atoms with E-state index in [0.29, 0.717) is 10.7 Å². The lowest BCUT2D eigenvalue weighted by Gasteiger charge is -2.32. The van der Waals surface area contributed by atoms with Crippen LogP contribution in [0.5, 0.6) is 0 Å². The summed E-state index contributed by atoms with van der Waals surface area (Å²) in [5.74, 6) is 1.12. The highest BCUT2D eigenvalue weighted by molar-refractivity contribution is 7.80. The molecule has 2 aromatic heterocycles. The van der Waals surface area contributed by atoms with E-state index in [1.165, 1.54) is 6.07 Å². The van der Waals surface area contributed by atoms with Crippen LogP contribution in [-0.4, -0.2) is 36.2 Å². The fourth-order valence-electron chi connectivity index (χ4n) is 3.34. The molecule has 1 aliphatic rings. The zero-order valence-electron chi connectivity index (χ0n) is 15.1. The number of benzene rings is 1. The lowest BCUT2D eigenvalue weighted by Crippen LogP contribution is -2.51. The number of rotatable bonds is 2. The van der Waals surface area contributed by atoms with Gasteiger partial charge >= 0.3 is 5.63 Å². The molecule has 0 spiro atoms. The van der Waals surface area contributed by atoms with E-state index in [4.69, 9.17) is 16.6 Å². The average molecular weight is 381 g/mol. The summed E-state index contributed by atoms with van der Waals surface area (Å²) in [4.78, 5) is 19.3. The topological polar surface area (TPSA) is 62.9 Å². The molecule has 1 aromatic carbocycles. The number of piperazine rings is 1. The summed E-state index contributed by atoms with van der Waals surface area (Å²) < 4.78 is 5.31. The third-order valence-corrected chi connectivity index (χ3v) is 5.16. The molecule has 0 unspecified atom stereocenters. The van der Waals surface area contributed by atoms with Crippen molar-refractivity contribution in [2.24, 2.45) is 0 Å². The number of fused-ring (bicyclic) bond motifs is 1. The highest BCUT2D eigenvalue weighted by Crippen LogP contribution is 2.21. The first-order chi connectivity index (χ1) is 13.1. The van der Waals surface area contributed by atoms with Crippen LogP contribution in [0, 0.1) is 6.92 Å². The number of aromatic amines is 1. The van der Waals surface area contributed by atoms with Crippen LogP contribution in [-0.2, 0) is 0 Å². The van der Waals surface area contributed by atoms with E-state index in [0.717, 1.165) is 48.6 Å². The smallest absolute Gasteiger partial charge is 0.336 e. The van der Waals surface area contributed by atoms with Crippen molar-refractivity contribution in [2.75, 3.05) is 36.4 Å². The van der Waals surface area contributed by atoms with Crippen molar-refractivity contribution in [3.63, 3.8) is 0 Å². The molecule has 7 heteroatoms. The molecule has 1 aliphatic heterocycles. The average Bonchev–Trinajstić information content (AvgIpc) is 2.68. The second kappa shape index (κ2) is 7.36. The number of hydrogen-bond acceptors (Lipinski definition) is 4. The summed E-state index contributed by atoms with van der Waals surface area (Å²) in [5, 5.41) is 4.88. The molecule has 0 bridgehead atoms. The third-order valence-electron chi connectivity index (χ3n) is 4.80. The fourth-order valence-corrected chi connectivity index (χ4v) is 3.64. The van der Waals surface area contributed by atoms with Gasteiger partial charge in [0.15, 0.2) is 5.11 Å². The molecule has 27 heavy (non-hydrogen) atoms. The van der Waals surface area contributed by atoms with Gasteiger partial charge in [-0.2, -0.15) is 0 Å². The maximum atomic E-state index is 11.6. The first-order valence-electron chi connectivity index (χ1n) is 8.92. The number of anilines is 2. The van der Waals surface area contributed by atoms with Gasteiger partial charge in [-0.25, -0.2) is 9.78 Å². The van der Waals surface area contributed by atoms with E-state index in [1.807, 2.05) is 43.5 Å². The van der Waals surface area contributed by atoms with E-state index >= 15 is 0 Å². The molecule has 0 amide bonds. The monoisotopic (exact) mass is 381 g/mol. The van der Waals surface area contributed by atoms with Gasteiger partial charge in [-0.15, -0.1) is 0 Å². The van der Waals surface area contributed by atoms with E-state index in [9.17, 15) is 4.79 Å². The van der Waals surface area contributed by atoms with Gasteiger partial charge < -0.3 is 14.6 Å². The Morgan fingerprint density at radius 1 is 1.15 bits per heavy atom. The maximum Gasteiger partial charge on any atom is 0.336 e. The van der Waals surface area contributed by atoms with Crippen molar-refractivity contribution >= 4 is 39.8 Å². The van der Waals surface area contributed by atoms with Crippen molar-refractivity contribution in [2.45, 2.75) is 6.92 Å². The Balaban J connectivity index is 1.42. The van der Waals surface area contributed by atoms with Crippen LogP contribution in [0.2, 0.25) is 0 Å². The second-order valence-electron chi connectivity index (χ2n) is 6.61. The van der Waals surface area contributed by atoms with Crippen molar-refractivity contribution in [3.8, 4) is 0 Å². The molecule has 138 valence electrons. The number of nitrogens with one attached hydrogen (secondary N) is 2. The Morgan fingerprint density at radius 3 is 2.70 bits per heavy atom. The minimum atomic E-state index is -0.339. The second-order valence-corrected chi connectivity index (χ2v) is 7.00. The molecule has 6 nitrogen and oxygen atoms in total. The van der Waals surface area contributed by atoms with Crippen LogP contribution >= 0.6 is 12.2 Å². The van der Waals surface area contributed by atoms with Crippen LogP contribution in [0.25, 0.3) is 11.0 Å². The Kier molecular flexibility index (Phi) is 4.77. The summed E-state index contributed by atoms with van der Waals surface area (Å²) >= 11 is 5.58. The van der Waals surface area contributed by atoms with Crippen molar-refractivity contribution in [1.82, 2.24) is 4.90 Å². The molecule has 0 saturated carbocycles. The van der Waals surface area contributed by atoms with E-state index in [-0.39, 0.29) is 5.63 Å². The summed E-state index contributed by atoms with van der Waals surface area (Å²) in [6, 6.07) is 13.3. The zero-order valence-corrected chi connectivity index (χ0v) is 15.9. The first-order valence-corrected chi connectivity index (χ1v) is 9.33. The van der Waals surface area contributed by atoms with E-state index < -0.39 is 0 Å². The highest BCUT2D eigenvalue weighted by Gasteiger charge is 2.24. The number of hydrogen-bond donors (Lipinski definition) is 1. The van der Waals surface area contributed by atoms with Crippen molar-refractivity contribution in [3.05, 3.63) is 64.6 Å². The lowest BCUT2D eigenvalue weighted by molar-refractivity contribution is -0.364. The molecule has 1 fully saturated rings. The SMILES string of the molecule is Cc1cc(=O)oc2cc(NC(=S)N3CCN(c4cccc[nH+]4)CC3)ccc12. The van der Waals surface area contributed by atoms with Crippen LogP contribution in [0.15, 0.2) is 57.9 Å². The zero-order chi connectivity index (χ0) is 18.8. The standard InChI is InChI=1S/C20H20N4O2S/c1-14-12-19(25)26-17-13-15(5-6-16(14)17)22-20(27)24-10-8-23(9-11-24)18-4-2-3-7-21-18/h2-7,12-13H,8-11H2,1H3,(H,22,27)/p+1. The maximum absolute atomic E-state index is 11.6. The van der Waals surface area contributed by atoms with Gasteiger partial charge in [0.2, 0.25) is 0 Å². The molecule has 0 radical (unpaired) electrons. The normalized spacial score (nSPS) is 14.4. The van der Waals surface area contributed by atoms with Crippen LogP contribution < -0.4 is 20.8 Å². The highest BCUT2D eigenvalue weighted by atomic mass is 32.1. The van der Waals surface area contributed by atoms with Crippen LogP contribution in [0.1, 0.15) is 5.56 Å². The van der Waals surface area contributed by atoms with Crippen molar-refractivity contribution in [1.29, 1.82) is 0 Å². The van der Waals surface area contributed by atoms with Crippen molar-refractivity contribution < 1.29 is 9.40 Å². The Bertz CT molecular complexity index is 1030. The summed E-state index contributed by atoms with van der Waals surface area (Å²) in [6.07, 6.45) is 1.94. The predicted octanol–water partition coefficient (Wildman–Crippen LogP) is 2.43. The van der Waals surface area contributed by atoms with Crippen LogP contribution in [0.3, 0.4) is 0 Å². The Hall–Kier alpha value is -2.93. The van der Waals surface area contributed by atoms with E-state index in [1.54, 1.807) is 0 Å². The minimum absolute atomic E-state index is 0.339. The van der Waals surface area contributed by atoms with Crippen LogP contribution in [0.4, 0.5) is 11.5 Å². The quantitative estimate of drug-likeness (QED) is 0.543. The van der Waals surface area contributed by atoms with Gasteiger partial charge in [0.05, 0.1) is 19.3 Å². The Labute approximate surface area is 162 Å². The number of H-pyrrole nitrogens is 1. The molecule has 3 heterocycles. The number of nitrogens with zero attached hydrogens (tertiary/aromatic N) is 2. The number of pyridine rings is 1. The predicted molar refractivity (Wildman–Crippen MR) is 110 cm³/mol. The number of aromatic nitrogens is 1. The van der Waals surface area contributed by atoms with Gasteiger partial charge in [-0.3, -0.25) is 4.90 Å². The minimum Gasteiger partial charge on any atom is -0.423 e. The molecule has 0 atom stereocenters. The summed E-state index contributed by atoms with van der Waals surface area (Å²) in [6.45, 7) is 5.38. The molecular formula is C20H21N4O2S+. The molecular weight excluding hydrogens is 360 g/mol. The third kappa shape index (κ3) is 3.78. The molecule has 0 aliphatic carbocycles.